The largest absolute Gasteiger partial charge is 0.504 e. The molecule has 3 atom stereocenters. The number of benzene rings is 3. The number of hydrogen-bond acceptors (Lipinski definition) is 9. The number of carbonyl (C=O) groups excluding carboxylic acids is 1. The van der Waals surface area contributed by atoms with Gasteiger partial charge in [0.05, 0.1) is 6.10 Å². The van der Waals surface area contributed by atoms with E-state index in [1.807, 2.05) is 18.2 Å². The first-order valence-electron chi connectivity index (χ1n) is 15.7. The number of piperidine rings is 1. The van der Waals surface area contributed by atoms with E-state index in [9.17, 15) is 25.2 Å². The zero-order valence-electron chi connectivity index (χ0n) is 25.1. The van der Waals surface area contributed by atoms with Crippen molar-refractivity contribution < 1.29 is 34.7 Å². The van der Waals surface area contributed by atoms with Gasteiger partial charge in [0.2, 0.25) is 5.75 Å². The van der Waals surface area contributed by atoms with E-state index in [0.29, 0.717) is 25.0 Å². The first kappa shape index (κ1) is 31.6. The number of fused-ring (bicyclic) bond motifs is 1. The molecule has 0 spiro atoms. The van der Waals surface area contributed by atoms with Crippen LogP contribution in [-0.2, 0) is 24.1 Å². The molecule has 0 unspecified atom stereocenters. The van der Waals surface area contributed by atoms with E-state index >= 15 is 0 Å². The Morgan fingerprint density at radius 1 is 0.977 bits per heavy atom. The van der Waals surface area contributed by atoms with Crippen molar-refractivity contribution in [2.45, 2.75) is 75.9 Å². The van der Waals surface area contributed by atoms with Crippen LogP contribution in [0, 0.1) is 5.92 Å². The molecule has 5 rings (SSSR count). The number of hydrogen-bond donors (Lipinski definition) is 6. The molecule has 1 aliphatic carbocycles. The van der Waals surface area contributed by atoms with E-state index in [0.717, 1.165) is 55.5 Å². The third-order valence-electron chi connectivity index (χ3n) is 8.96. The van der Waals surface area contributed by atoms with E-state index in [4.69, 9.17) is 15.2 Å². The molecule has 9 nitrogen and oxygen atoms in total. The summed E-state index contributed by atoms with van der Waals surface area (Å²) in [4.78, 5) is 13.0. The average Bonchev–Trinajstić information content (AvgIpc) is 3.02. The number of aliphatic hydroxyl groups excluding tert-OH is 1. The summed E-state index contributed by atoms with van der Waals surface area (Å²) in [6.07, 6.45) is 4.06. The van der Waals surface area contributed by atoms with Gasteiger partial charge in [0.1, 0.15) is 18.6 Å². The second-order valence-corrected chi connectivity index (χ2v) is 12.0. The molecule has 9 heteroatoms. The van der Waals surface area contributed by atoms with Gasteiger partial charge >= 0.3 is 0 Å². The lowest BCUT2D eigenvalue weighted by molar-refractivity contribution is -0.121. The third-order valence-corrected chi connectivity index (χ3v) is 8.96. The van der Waals surface area contributed by atoms with Crippen LogP contribution in [0.3, 0.4) is 0 Å². The molecule has 7 N–H and O–H groups in total. The Kier molecular flexibility index (Phi) is 10.6. The molecule has 3 aromatic carbocycles. The highest BCUT2D eigenvalue weighted by Gasteiger charge is 2.36. The molecule has 0 amide bonds. The number of rotatable bonds is 13. The van der Waals surface area contributed by atoms with Crippen LogP contribution in [0.1, 0.15) is 66.7 Å². The fourth-order valence-electron chi connectivity index (χ4n) is 6.70. The summed E-state index contributed by atoms with van der Waals surface area (Å²) in [7, 11) is 0. The first-order chi connectivity index (χ1) is 21.3. The van der Waals surface area contributed by atoms with E-state index in [1.165, 1.54) is 11.6 Å². The summed E-state index contributed by atoms with van der Waals surface area (Å²) in [6.45, 7) is 1.61. The minimum atomic E-state index is -0.877. The van der Waals surface area contributed by atoms with Crippen LogP contribution in [0.25, 0.3) is 0 Å². The Balaban J connectivity index is 1.33. The lowest BCUT2D eigenvalue weighted by Gasteiger charge is -2.37. The van der Waals surface area contributed by atoms with Gasteiger partial charge in [-0.15, -0.1) is 0 Å². The van der Waals surface area contributed by atoms with Crippen molar-refractivity contribution in [3.63, 3.8) is 0 Å². The molecule has 0 aromatic heterocycles. The minimum absolute atomic E-state index is 0.0105. The van der Waals surface area contributed by atoms with Crippen molar-refractivity contribution >= 4 is 5.78 Å². The van der Waals surface area contributed by atoms with Crippen LogP contribution in [-0.4, -0.2) is 58.2 Å². The number of aliphatic hydroxyl groups is 1. The smallest absolute Gasteiger partial charge is 0.200 e. The number of phenolic OH excluding ortho intramolecular Hbond substituents is 3. The monoisotopic (exact) mass is 604 g/mol. The molecule has 1 aliphatic heterocycles. The molecule has 0 bridgehead atoms. The maximum atomic E-state index is 13.0. The summed E-state index contributed by atoms with van der Waals surface area (Å²) in [5.74, 6) is 0.125. The van der Waals surface area contributed by atoms with Crippen LogP contribution in [0.2, 0.25) is 0 Å². The predicted octanol–water partition coefficient (Wildman–Crippen LogP) is 4.46. The summed E-state index contributed by atoms with van der Waals surface area (Å²) in [6, 6.07) is 16.8. The van der Waals surface area contributed by atoms with Crippen LogP contribution in [0.15, 0.2) is 54.6 Å². The second kappa shape index (κ2) is 14.8. The quantitative estimate of drug-likeness (QED) is 0.123. The number of Topliss-reactive ketones (excluding diaryl/α,β-unsaturated/α-hetero) is 1. The van der Waals surface area contributed by atoms with Crippen molar-refractivity contribution in [3.05, 3.63) is 76.9 Å². The molecule has 236 valence electrons. The number of aromatic hydroxyl groups is 3. The number of nitrogens with two attached hydrogens (primary N) is 1. The van der Waals surface area contributed by atoms with Gasteiger partial charge in [-0.3, -0.25) is 10.5 Å². The summed E-state index contributed by atoms with van der Waals surface area (Å²) in [5, 5.41) is 46.2. The van der Waals surface area contributed by atoms with Crippen LogP contribution >= 0.6 is 0 Å². The maximum Gasteiger partial charge on any atom is 0.200 e. The zero-order valence-corrected chi connectivity index (χ0v) is 25.1. The van der Waals surface area contributed by atoms with Crippen molar-refractivity contribution in [1.82, 2.24) is 5.32 Å². The Morgan fingerprint density at radius 2 is 1.75 bits per heavy atom. The SMILES string of the molecule is NCOc1cc(CCC(=O)C[C@H](O)C[C@H]2c3cc(O)c(O)c(OC4CCNCC4)c3CC[C@@H]2Cc2ccccc2)ccc1O. The lowest BCUT2D eigenvalue weighted by atomic mass is 9.70. The molecule has 1 fully saturated rings. The summed E-state index contributed by atoms with van der Waals surface area (Å²) >= 11 is 0. The molecular weight excluding hydrogens is 560 g/mol. The number of carbonyl (C=O) groups is 1. The Labute approximate surface area is 258 Å². The van der Waals surface area contributed by atoms with Gasteiger partial charge < -0.3 is 35.2 Å². The summed E-state index contributed by atoms with van der Waals surface area (Å²) < 4.78 is 11.6. The molecule has 1 saturated heterocycles. The number of ketones is 1. The highest BCUT2D eigenvalue weighted by atomic mass is 16.5. The number of aryl methyl sites for hydroxylation is 1. The molecule has 44 heavy (non-hydrogen) atoms. The molecular formula is C35H44N2O7. The Morgan fingerprint density at radius 3 is 2.50 bits per heavy atom. The van der Waals surface area contributed by atoms with Gasteiger partial charge in [-0.05, 0) is 105 Å². The second-order valence-electron chi connectivity index (χ2n) is 12.0. The standard InChI is InChI=1S/C35H44N2O7/c36-21-43-33-17-23(7-11-31(33)40)6-9-25(38)18-26(39)19-29-24(16-22-4-2-1-3-5-22)8-10-28-30(29)20-32(41)34(42)35(28)44-27-12-14-37-15-13-27/h1-5,7,11,17,20,24,26-27,29,37,39-42H,6,8-10,12-16,18-19,21,36H2/t24-,26+,29-/m1/s1. The lowest BCUT2D eigenvalue weighted by Crippen LogP contribution is -2.34. The van der Waals surface area contributed by atoms with Crippen molar-refractivity contribution in [2.24, 2.45) is 11.7 Å². The Bertz CT molecular complexity index is 1410. The van der Waals surface area contributed by atoms with Gasteiger partial charge in [-0.1, -0.05) is 36.4 Å². The van der Waals surface area contributed by atoms with E-state index < -0.39 is 6.10 Å². The molecule has 0 radical (unpaired) electrons. The van der Waals surface area contributed by atoms with E-state index in [-0.39, 0.29) is 66.3 Å². The number of nitrogens with one attached hydrogen (secondary N) is 1. The van der Waals surface area contributed by atoms with Crippen LogP contribution in [0.4, 0.5) is 0 Å². The fraction of sp³-hybridized carbons (Fsp3) is 0.457. The highest BCUT2D eigenvalue weighted by molar-refractivity contribution is 5.79. The topological polar surface area (TPSA) is 154 Å². The van der Waals surface area contributed by atoms with Gasteiger partial charge in [-0.25, -0.2) is 0 Å². The van der Waals surface area contributed by atoms with Crippen molar-refractivity contribution in [3.8, 4) is 28.7 Å². The van der Waals surface area contributed by atoms with Crippen molar-refractivity contribution in [2.75, 3.05) is 19.8 Å². The number of phenols is 3. The van der Waals surface area contributed by atoms with E-state index in [1.54, 1.807) is 18.2 Å². The first-order valence-corrected chi connectivity index (χ1v) is 15.7. The summed E-state index contributed by atoms with van der Waals surface area (Å²) in [5.41, 5.74) is 9.21. The molecule has 0 saturated carbocycles. The molecule has 1 heterocycles. The number of ether oxygens (including phenoxy) is 2. The minimum Gasteiger partial charge on any atom is -0.504 e. The molecule has 2 aliphatic rings. The van der Waals surface area contributed by atoms with Crippen LogP contribution < -0.4 is 20.5 Å². The van der Waals surface area contributed by atoms with E-state index in [2.05, 4.69) is 17.4 Å². The highest BCUT2D eigenvalue weighted by Crippen LogP contribution is 2.50. The third kappa shape index (κ3) is 7.83. The van der Waals surface area contributed by atoms with Crippen LogP contribution in [0.5, 0.6) is 28.7 Å². The predicted molar refractivity (Wildman–Crippen MR) is 167 cm³/mol. The van der Waals surface area contributed by atoms with Crippen molar-refractivity contribution in [1.29, 1.82) is 0 Å². The average molecular weight is 605 g/mol. The van der Waals surface area contributed by atoms with Gasteiger partial charge in [0, 0.05) is 18.4 Å². The van der Waals surface area contributed by atoms with Gasteiger partial charge in [0.15, 0.2) is 23.0 Å². The normalized spacial score (nSPS) is 19.2. The maximum absolute atomic E-state index is 13.0. The molecule has 3 aromatic rings. The zero-order chi connectivity index (χ0) is 31.1. The fourth-order valence-corrected chi connectivity index (χ4v) is 6.70. The Hall–Kier alpha value is -3.79. The van der Waals surface area contributed by atoms with Gasteiger partial charge in [-0.2, -0.15) is 0 Å². The van der Waals surface area contributed by atoms with Gasteiger partial charge in [0.25, 0.3) is 0 Å².